The lowest BCUT2D eigenvalue weighted by Gasteiger charge is -2.39. The van der Waals surface area contributed by atoms with E-state index in [9.17, 15) is 4.79 Å². The molecule has 3 rings (SSSR count). The molecule has 0 aliphatic carbocycles. The van der Waals surface area contributed by atoms with Gasteiger partial charge in [-0.15, -0.1) is 0 Å². The van der Waals surface area contributed by atoms with E-state index in [0.29, 0.717) is 13.1 Å². The van der Waals surface area contributed by atoms with Gasteiger partial charge in [0.25, 0.3) is 0 Å². The lowest BCUT2D eigenvalue weighted by Crippen LogP contribution is -2.57. The van der Waals surface area contributed by atoms with Crippen LogP contribution in [-0.2, 0) is 11.2 Å². The van der Waals surface area contributed by atoms with Crippen LogP contribution in [0.3, 0.4) is 0 Å². The third-order valence-electron chi connectivity index (χ3n) is 4.64. The summed E-state index contributed by atoms with van der Waals surface area (Å²) in [6.45, 7) is 11.5. The van der Waals surface area contributed by atoms with Crippen LogP contribution in [0.25, 0.3) is 0 Å². The molecule has 0 bridgehead atoms. The van der Waals surface area contributed by atoms with Gasteiger partial charge >= 0.3 is 6.09 Å². The standard InChI is InChI=1S/C20H30N4O2/c1-15-6-5-7-16(12-15)8-9-21-18-22-13-17-14-23(10-11-24(17)18)19(25)26-20(2,3)4/h5-7,12,17H,8-11,13-14H2,1-4H3,(H,21,22). The SMILES string of the molecule is Cc1cccc(CCNC2=NCC3CN(C(=O)OC(C)(C)C)CCN23)c1. The highest BCUT2D eigenvalue weighted by atomic mass is 16.6. The van der Waals surface area contributed by atoms with Crippen molar-refractivity contribution in [3.05, 3.63) is 35.4 Å². The van der Waals surface area contributed by atoms with Gasteiger partial charge in [-0.25, -0.2) is 4.79 Å². The Balaban J connectivity index is 1.47. The number of aliphatic imine (C=N–C) groups is 1. The Hall–Kier alpha value is -2.24. The number of benzene rings is 1. The summed E-state index contributed by atoms with van der Waals surface area (Å²) in [5, 5.41) is 3.47. The van der Waals surface area contributed by atoms with Crippen molar-refractivity contribution in [2.24, 2.45) is 4.99 Å². The molecule has 0 radical (unpaired) electrons. The van der Waals surface area contributed by atoms with E-state index in [1.807, 2.05) is 20.8 Å². The van der Waals surface area contributed by atoms with Crippen LogP contribution in [0.4, 0.5) is 4.79 Å². The van der Waals surface area contributed by atoms with Crippen LogP contribution >= 0.6 is 0 Å². The largest absolute Gasteiger partial charge is 0.444 e. The molecule has 1 fully saturated rings. The molecule has 2 heterocycles. The predicted octanol–water partition coefficient (Wildman–Crippen LogP) is 2.42. The third-order valence-corrected chi connectivity index (χ3v) is 4.64. The monoisotopic (exact) mass is 358 g/mol. The molecule has 1 N–H and O–H groups in total. The Morgan fingerprint density at radius 1 is 1.35 bits per heavy atom. The summed E-state index contributed by atoms with van der Waals surface area (Å²) in [5.74, 6) is 0.964. The fourth-order valence-electron chi connectivity index (χ4n) is 3.41. The Morgan fingerprint density at radius 3 is 2.88 bits per heavy atom. The molecule has 2 aliphatic heterocycles. The molecule has 0 aromatic heterocycles. The quantitative estimate of drug-likeness (QED) is 0.902. The second kappa shape index (κ2) is 7.56. The fourth-order valence-corrected chi connectivity index (χ4v) is 3.41. The first-order valence-electron chi connectivity index (χ1n) is 9.40. The van der Waals surface area contributed by atoms with E-state index in [1.54, 1.807) is 4.90 Å². The van der Waals surface area contributed by atoms with Crippen molar-refractivity contribution >= 4 is 12.1 Å². The summed E-state index contributed by atoms with van der Waals surface area (Å²) >= 11 is 0. The zero-order valence-corrected chi connectivity index (χ0v) is 16.3. The molecule has 1 saturated heterocycles. The van der Waals surface area contributed by atoms with Gasteiger partial charge in [0.1, 0.15) is 5.60 Å². The molecule has 6 nitrogen and oxygen atoms in total. The number of aryl methyl sites for hydroxylation is 1. The van der Waals surface area contributed by atoms with Crippen molar-refractivity contribution in [1.82, 2.24) is 15.1 Å². The molecule has 0 saturated carbocycles. The van der Waals surface area contributed by atoms with Crippen molar-refractivity contribution in [1.29, 1.82) is 0 Å². The number of carbonyl (C=O) groups excluding carboxylic acids is 1. The number of piperazine rings is 1. The molecule has 1 unspecified atom stereocenters. The van der Waals surface area contributed by atoms with Crippen molar-refractivity contribution < 1.29 is 9.53 Å². The fraction of sp³-hybridized carbons (Fsp3) is 0.600. The molecule has 1 atom stereocenters. The highest BCUT2D eigenvalue weighted by Gasteiger charge is 2.36. The van der Waals surface area contributed by atoms with E-state index in [1.165, 1.54) is 11.1 Å². The zero-order valence-electron chi connectivity index (χ0n) is 16.3. The number of nitrogens with zero attached hydrogens (tertiary/aromatic N) is 3. The molecular weight excluding hydrogens is 328 g/mol. The summed E-state index contributed by atoms with van der Waals surface area (Å²) in [4.78, 5) is 21.0. The first kappa shape index (κ1) is 18.5. The first-order valence-corrected chi connectivity index (χ1v) is 9.40. The van der Waals surface area contributed by atoms with E-state index < -0.39 is 5.60 Å². The maximum absolute atomic E-state index is 12.3. The molecule has 0 spiro atoms. The Labute approximate surface area is 156 Å². The van der Waals surface area contributed by atoms with Crippen LogP contribution in [0, 0.1) is 6.92 Å². The van der Waals surface area contributed by atoms with E-state index >= 15 is 0 Å². The Kier molecular flexibility index (Phi) is 5.39. The predicted molar refractivity (Wildman–Crippen MR) is 103 cm³/mol. The highest BCUT2D eigenvalue weighted by molar-refractivity contribution is 5.82. The number of guanidine groups is 1. The van der Waals surface area contributed by atoms with Gasteiger partial charge in [-0.3, -0.25) is 4.99 Å². The third kappa shape index (κ3) is 4.68. The van der Waals surface area contributed by atoms with Crippen molar-refractivity contribution in [3.8, 4) is 0 Å². The number of rotatable bonds is 3. The smallest absolute Gasteiger partial charge is 0.410 e. The van der Waals surface area contributed by atoms with Gasteiger partial charge in [-0.1, -0.05) is 29.8 Å². The van der Waals surface area contributed by atoms with Gasteiger partial charge in [-0.05, 0) is 39.7 Å². The van der Waals surface area contributed by atoms with Gasteiger partial charge in [0, 0.05) is 26.2 Å². The van der Waals surface area contributed by atoms with E-state index in [-0.39, 0.29) is 12.1 Å². The zero-order chi connectivity index (χ0) is 18.7. The van der Waals surface area contributed by atoms with Crippen molar-refractivity contribution in [2.45, 2.75) is 45.8 Å². The molecule has 1 aromatic rings. The second-order valence-corrected chi connectivity index (χ2v) is 8.10. The number of nitrogens with one attached hydrogen (secondary N) is 1. The molecule has 26 heavy (non-hydrogen) atoms. The van der Waals surface area contributed by atoms with Crippen molar-refractivity contribution in [3.63, 3.8) is 0 Å². The Morgan fingerprint density at radius 2 is 2.15 bits per heavy atom. The van der Waals surface area contributed by atoms with Crippen LogP contribution < -0.4 is 5.32 Å². The van der Waals surface area contributed by atoms with Crippen LogP contribution in [0.15, 0.2) is 29.3 Å². The van der Waals surface area contributed by atoms with Gasteiger partial charge in [0.2, 0.25) is 0 Å². The minimum absolute atomic E-state index is 0.224. The van der Waals surface area contributed by atoms with Gasteiger partial charge in [-0.2, -0.15) is 0 Å². The second-order valence-electron chi connectivity index (χ2n) is 8.10. The van der Waals surface area contributed by atoms with Gasteiger partial charge in [0.15, 0.2) is 5.96 Å². The number of ether oxygens (including phenoxy) is 1. The van der Waals surface area contributed by atoms with Crippen LogP contribution in [0.5, 0.6) is 0 Å². The minimum Gasteiger partial charge on any atom is -0.444 e. The summed E-state index contributed by atoms with van der Waals surface area (Å²) in [6.07, 6.45) is 0.751. The van der Waals surface area contributed by atoms with E-state index in [0.717, 1.165) is 32.0 Å². The lowest BCUT2D eigenvalue weighted by molar-refractivity contribution is 0.0137. The van der Waals surface area contributed by atoms with Crippen LogP contribution in [0.2, 0.25) is 0 Å². The average molecular weight is 358 g/mol. The summed E-state index contributed by atoms with van der Waals surface area (Å²) in [5.41, 5.74) is 2.17. The summed E-state index contributed by atoms with van der Waals surface area (Å²) in [7, 11) is 0. The summed E-state index contributed by atoms with van der Waals surface area (Å²) < 4.78 is 5.49. The topological polar surface area (TPSA) is 57.2 Å². The lowest BCUT2D eigenvalue weighted by atomic mass is 10.1. The van der Waals surface area contributed by atoms with Gasteiger partial charge in [0.05, 0.1) is 12.6 Å². The number of amides is 1. The number of hydrogen-bond donors (Lipinski definition) is 1. The average Bonchev–Trinajstić information content (AvgIpc) is 2.96. The number of carbonyl (C=O) groups is 1. The molecule has 142 valence electrons. The minimum atomic E-state index is -0.455. The molecular formula is C20H30N4O2. The van der Waals surface area contributed by atoms with Gasteiger partial charge < -0.3 is 19.9 Å². The summed E-state index contributed by atoms with van der Waals surface area (Å²) in [6, 6.07) is 8.85. The first-order chi connectivity index (χ1) is 12.3. The van der Waals surface area contributed by atoms with Crippen LogP contribution in [-0.4, -0.2) is 66.2 Å². The van der Waals surface area contributed by atoms with E-state index in [2.05, 4.69) is 46.4 Å². The maximum Gasteiger partial charge on any atom is 0.410 e. The van der Waals surface area contributed by atoms with Crippen LogP contribution in [0.1, 0.15) is 31.9 Å². The molecule has 1 amide bonds. The highest BCUT2D eigenvalue weighted by Crippen LogP contribution is 2.18. The normalized spacial score (nSPS) is 19.8. The molecule has 2 aliphatic rings. The Bertz CT molecular complexity index is 681. The number of fused-ring (bicyclic) bond motifs is 1. The van der Waals surface area contributed by atoms with Crippen molar-refractivity contribution in [2.75, 3.05) is 32.7 Å². The maximum atomic E-state index is 12.3. The number of hydrogen-bond acceptors (Lipinski definition) is 5. The molecule has 6 heteroatoms. The molecule has 1 aromatic carbocycles. The van der Waals surface area contributed by atoms with E-state index in [4.69, 9.17) is 4.74 Å².